The van der Waals surface area contributed by atoms with Gasteiger partial charge >= 0.3 is 0 Å². The molecule has 0 N–H and O–H groups in total. The summed E-state index contributed by atoms with van der Waals surface area (Å²) in [5.74, 6) is 1.55. The fourth-order valence-corrected chi connectivity index (χ4v) is 3.93. The van der Waals surface area contributed by atoms with Crippen molar-refractivity contribution in [2.75, 3.05) is 0 Å². The zero-order valence-corrected chi connectivity index (χ0v) is 18.9. The number of rotatable bonds is 7. The van der Waals surface area contributed by atoms with Crippen LogP contribution in [0, 0.1) is 11.3 Å². The molecule has 0 saturated carbocycles. The van der Waals surface area contributed by atoms with E-state index >= 15 is 0 Å². The summed E-state index contributed by atoms with van der Waals surface area (Å²) in [6.07, 6.45) is 0.491. The average Bonchev–Trinajstić information content (AvgIpc) is 2.91. The molecular formula is C26H33NO3. The zero-order chi connectivity index (χ0) is 22.1. The first kappa shape index (κ1) is 22.1. The van der Waals surface area contributed by atoms with Gasteiger partial charge in [-0.25, -0.2) is 4.84 Å². The summed E-state index contributed by atoms with van der Waals surface area (Å²) in [5, 5.41) is 1.22. The first-order chi connectivity index (χ1) is 14.1. The van der Waals surface area contributed by atoms with Gasteiger partial charge in [0.15, 0.2) is 0 Å². The van der Waals surface area contributed by atoms with Crippen molar-refractivity contribution in [3.8, 4) is 5.75 Å². The summed E-state index contributed by atoms with van der Waals surface area (Å²) in [4.78, 5) is 18.3. The maximum atomic E-state index is 12.6. The van der Waals surface area contributed by atoms with Crippen molar-refractivity contribution in [3.63, 3.8) is 0 Å². The number of hydroxylamine groups is 2. The van der Waals surface area contributed by atoms with Crippen molar-refractivity contribution < 1.29 is 14.4 Å². The monoisotopic (exact) mass is 407 g/mol. The van der Waals surface area contributed by atoms with E-state index in [4.69, 9.17) is 9.57 Å². The van der Waals surface area contributed by atoms with Gasteiger partial charge in [-0.15, -0.1) is 0 Å². The SMILES string of the molecule is C=C1c2ccccc2C(=O)N1OC(C)Oc1ccc(C(CC(C)(C)C)C(C)C)cc1. The molecule has 1 heterocycles. The maximum absolute atomic E-state index is 12.6. The Balaban J connectivity index is 1.64. The van der Waals surface area contributed by atoms with Crippen LogP contribution < -0.4 is 4.74 Å². The summed E-state index contributed by atoms with van der Waals surface area (Å²) in [5.41, 5.74) is 3.51. The highest BCUT2D eigenvalue weighted by Gasteiger charge is 2.33. The van der Waals surface area contributed by atoms with Gasteiger partial charge in [-0.05, 0) is 47.4 Å². The third-order valence-electron chi connectivity index (χ3n) is 5.40. The normalized spacial score (nSPS) is 16.0. The molecule has 2 aromatic rings. The molecule has 0 aliphatic carbocycles. The minimum Gasteiger partial charge on any atom is -0.463 e. The summed E-state index contributed by atoms with van der Waals surface area (Å²) in [7, 11) is 0. The number of ether oxygens (including phenoxy) is 1. The van der Waals surface area contributed by atoms with Gasteiger partial charge in [0.2, 0.25) is 6.29 Å². The molecule has 1 aliphatic heterocycles. The Morgan fingerprint density at radius 2 is 1.57 bits per heavy atom. The van der Waals surface area contributed by atoms with Gasteiger partial charge in [-0.3, -0.25) is 4.79 Å². The second-order valence-corrected chi connectivity index (χ2v) is 9.57. The Hall–Kier alpha value is -2.59. The van der Waals surface area contributed by atoms with Gasteiger partial charge in [0, 0.05) is 12.5 Å². The van der Waals surface area contributed by atoms with Crippen molar-refractivity contribution in [2.24, 2.45) is 11.3 Å². The topological polar surface area (TPSA) is 38.8 Å². The van der Waals surface area contributed by atoms with Crippen molar-refractivity contribution in [1.29, 1.82) is 0 Å². The van der Waals surface area contributed by atoms with Crippen LogP contribution in [-0.2, 0) is 4.84 Å². The lowest BCUT2D eigenvalue weighted by Gasteiger charge is -2.29. The number of hydrogen-bond donors (Lipinski definition) is 0. The quantitative estimate of drug-likeness (QED) is 0.483. The molecule has 1 amide bonds. The van der Waals surface area contributed by atoms with E-state index in [1.165, 1.54) is 10.6 Å². The van der Waals surface area contributed by atoms with E-state index in [0.29, 0.717) is 28.8 Å². The second kappa shape index (κ2) is 8.65. The van der Waals surface area contributed by atoms with Crippen molar-refractivity contribution in [3.05, 3.63) is 71.8 Å². The number of fused-ring (bicyclic) bond motifs is 1. The molecule has 0 aromatic heterocycles. The average molecular weight is 408 g/mol. The largest absolute Gasteiger partial charge is 0.463 e. The van der Waals surface area contributed by atoms with E-state index in [0.717, 1.165) is 12.0 Å². The molecule has 0 saturated heterocycles. The van der Waals surface area contributed by atoms with Crippen molar-refractivity contribution in [2.45, 2.75) is 60.2 Å². The number of carbonyl (C=O) groups is 1. The first-order valence-electron chi connectivity index (χ1n) is 10.6. The highest BCUT2D eigenvalue weighted by atomic mass is 16.8. The van der Waals surface area contributed by atoms with Crippen LogP contribution in [0.5, 0.6) is 5.75 Å². The molecule has 2 atom stereocenters. The number of carbonyl (C=O) groups excluding carboxylic acids is 1. The fourth-order valence-electron chi connectivity index (χ4n) is 3.93. The van der Waals surface area contributed by atoms with Crippen molar-refractivity contribution in [1.82, 2.24) is 5.06 Å². The van der Waals surface area contributed by atoms with Gasteiger partial charge in [0.1, 0.15) is 5.75 Å². The predicted octanol–water partition coefficient (Wildman–Crippen LogP) is 6.65. The molecule has 30 heavy (non-hydrogen) atoms. The Morgan fingerprint density at radius 3 is 2.10 bits per heavy atom. The van der Waals surface area contributed by atoms with Gasteiger partial charge in [-0.2, -0.15) is 5.06 Å². The van der Waals surface area contributed by atoms with E-state index < -0.39 is 6.29 Å². The number of hydrogen-bond acceptors (Lipinski definition) is 3. The van der Waals surface area contributed by atoms with Crippen LogP contribution in [0.15, 0.2) is 55.1 Å². The van der Waals surface area contributed by atoms with Crippen LogP contribution >= 0.6 is 0 Å². The van der Waals surface area contributed by atoms with E-state index in [-0.39, 0.29) is 11.3 Å². The molecule has 1 aliphatic rings. The van der Waals surface area contributed by atoms with E-state index in [1.54, 1.807) is 13.0 Å². The fraction of sp³-hybridized carbons (Fsp3) is 0.423. The van der Waals surface area contributed by atoms with Gasteiger partial charge in [-0.1, -0.05) is 71.5 Å². The van der Waals surface area contributed by atoms with Crippen LogP contribution in [0.2, 0.25) is 0 Å². The Labute approximate surface area is 180 Å². The predicted molar refractivity (Wildman–Crippen MR) is 121 cm³/mol. The minimum atomic E-state index is -0.638. The molecule has 4 nitrogen and oxygen atoms in total. The smallest absolute Gasteiger partial charge is 0.283 e. The molecule has 3 rings (SSSR count). The zero-order valence-electron chi connectivity index (χ0n) is 18.9. The summed E-state index contributed by atoms with van der Waals surface area (Å²) in [6, 6.07) is 15.6. The number of amides is 1. The molecule has 0 fully saturated rings. The second-order valence-electron chi connectivity index (χ2n) is 9.57. The molecule has 0 bridgehead atoms. The van der Waals surface area contributed by atoms with Crippen LogP contribution in [0.1, 0.15) is 75.4 Å². The third-order valence-corrected chi connectivity index (χ3v) is 5.40. The standard InChI is InChI=1S/C26H33NO3/c1-17(2)24(16-26(5,6)7)20-12-14-21(15-13-20)29-19(4)30-27-18(3)22-10-8-9-11-23(22)25(27)28/h8-15,17,19,24H,3,16H2,1-2,4-7H3. The third kappa shape index (κ3) is 4.93. The number of benzene rings is 2. The molecule has 160 valence electrons. The van der Waals surface area contributed by atoms with Gasteiger partial charge < -0.3 is 4.74 Å². The molecule has 0 radical (unpaired) electrons. The first-order valence-corrected chi connectivity index (χ1v) is 10.6. The van der Waals surface area contributed by atoms with Crippen LogP contribution in [0.3, 0.4) is 0 Å². The molecule has 2 aromatic carbocycles. The maximum Gasteiger partial charge on any atom is 0.283 e. The van der Waals surface area contributed by atoms with Crippen LogP contribution in [-0.4, -0.2) is 17.3 Å². The molecule has 0 spiro atoms. The van der Waals surface area contributed by atoms with Gasteiger partial charge in [0.25, 0.3) is 5.91 Å². The van der Waals surface area contributed by atoms with Crippen LogP contribution in [0.4, 0.5) is 0 Å². The molecular weight excluding hydrogens is 374 g/mol. The van der Waals surface area contributed by atoms with Crippen LogP contribution in [0.25, 0.3) is 5.70 Å². The van der Waals surface area contributed by atoms with Crippen molar-refractivity contribution >= 4 is 11.6 Å². The lowest BCUT2D eigenvalue weighted by Crippen LogP contribution is -2.31. The van der Waals surface area contributed by atoms with E-state index in [1.807, 2.05) is 30.3 Å². The highest BCUT2D eigenvalue weighted by molar-refractivity contribution is 6.07. The Bertz CT molecular complexity index is 874. The van der Waals surface area contributed by atoms with E-state index in [2.05, 4.69) is 53.3 Å². The Morgan fingerprint density at radius 1 is 0.967 bits per heavy atom. The number of nitrogens with zero attached hydrogens (tertiary/aromatic N) is 1. The summed E-state index contributed by atoms with van der Waals surface area (Å²) in [6.45, 7) is 17.2. The van der Waals surface area contributed by atoms with Gasteiger partial charge in [0.05, 0.1) is 11.3 Å². The highest BCUT2D eigenvalue weighted by Crippen LogP contribution is 2.37. The summed E-state index contributed by atoms with van der Waals surface area (Å²) >= 11 is 0. The molecule has 4 heteroatoms. The summed E-state index contributed by atoms with van der Waals surface area (Å²) < 4.78 is 5.91. The minimum absolute atomic E-state index is 0.219. The lowest BCUT2D eigenvalue weighted by atomic mass is 9.76. The molecule has 2 unspecified atom stereocenters. The Kier molecular flexibility index (Phi) is 6.37. The van der Waals surface area contributed by atoms with E-state index in [9.17, 15) is 4.79 Å². The lowest BCUT2D eigenvalue weighted by molar-refractivity contribution is -0.186.